The van der Waals surface area contributed by atoms with Gasteiger partial charge in [-0.15, -0.1) is 0 Å². The van der Waals surface area contributed by atoms with Crippen LogP contribution in [0.25, 0.3) is 0 Å². The number of methoxy groups -OCH3 is 1. The Morgan fingerprint density at radius 1 is 1.47 bits per heavy atom. The Bertz CT molecular complexity index is 383. The Morgan fingerprint density at radius 3 is 2.47 bits per heavy atom. The van der Waals surface area contributed by atoms with Crippen LogP contribution in [0.15, 0.2) is 6.20 Å². The highest BCUT2D eigenvalue weighted by Gasteiger charge is 2.24. The van der Waals surface area contributed by atoms with Crippen LogP contribution in [0.2, 0.25) is 0 Å². The average Bonchev–Trinajstić information content (AvgIpc) is 2.15. The van der Waals surface area contributed by atoms with E-state index in [4.69, 9.17) is 9.84 Å². The van der Waals surface area contributed by atoms with Crippen LogP contribution in [0.1, 0.15) is 36.8 Å². The predicted octanol–water partition coefficient (Wildman–Crippen LogP) is 1.48. The van der Waals surface area contributed by atoms with Crippen molar-refractivity contribution < 1.29 is 14.6 Å². The SMILES string of the molecule is COc1ncc(C(=O)O)c(C(C)(C)C)n1. The molecule has 0 spiro atoms. The molecule has 1 heterocycles. The van der Waals surface area contributed by atoms with E-state index >= 15 is 0 Å². The van der Waals surface area contributed by atoms with Crippen molar-refractivity contribution in [3.05, 3.63) is 17.5 Å². The van der Waals surface area contributed by atoms with Crippen molar-refractivity contribution in [3.63, 3.8) is 0 Å². The molecule has 1 aromatic heterocycles. The van der Waals surface area contributed by atoms with Crippen molar-refractivity contribution in [1.82, 2.24) is 9.97 Å². The maximum Gasteiger partial charge on any atom is 0.339 e. The van der Waals surface area contributed by atoms with Crippen LogP contribution in [-0.2, 0) is 5.41 Å². The normalized spacial score (nSPS) is 11.2. The minimum Gasteiger partial charge on any atom is -0.478 e. The molecule has 0 bridgehead atoms. The first-order valence-corrected chi connectivity index (χ1v) is 4.51. The number of carboxylic acid groups (broad SMARTS) is 1. The van der Waals surface area contributed by atoms with E-state index in [-0.39, 0.29) is 17.0 Å². The highest BCUT2D eigenvalue weighted by molar-refractivity contribution is 5.88. The van der Waals surface area contributed by atoms with E-state index in [0.717, 1.165) is 0 Å². The molecule has 0 aliphatic carbocycles. The number of ether oxygens (including phenoxy) is 1. The molecule has 0 atom stereocenters. The lowest BCUT2D eigenvalue weighted by molar-refractivity contribution is 0.0692. The van der Waals surface area contributed by atoms with Crippen molar-refractivity contribution in [3.8, 4) is 6.01 Å². The van der Waals surface area contributed by atoms with Gasteiger partial charge in [-0.1, -0.05) is 20.8 Å². The molecule has 0 amide bonds. The summed E-state index contributed by atoms with van der Waals surface area (Å²) in [6.07, 6.45) is 1.27. The fourth-order valence-corrected chi connectivity index (χ4v) is 1.19. The van der Waals surface area contributed by atoms with Crippen LogP contribution in [0.3, 0.4) is 0 Å². The number of nitrogens with zero attached hydrogens (tertiary/aromatic N) is 2. The van der Waals surface area contributed by atoms with Gasteiger partial charge in [0.25, 0.3) is 0 Å². The van der Waals surface area contributed by atoms with Crippen molar-refractivity contribution >= 4 is 5.97 Å². The topological polar surface area (TPSA) is 72.3 Å². The molecule has 0 aromatic carbocycles. The Balaban J connectivity index is 3.36. The molecule has 0 aliphatic rings. The summed E-state index contributed by atoms with van der Waals surface area (Å²) in [6.45, 7) is 5.67. The van der Waals surface area contributed by atoms with Gasteiger partial charge in [0.2, 0.25) is 0 Å². The van der Waals surface area contributed by atoms with Crippen LogP contribution in [0.4, 0.5) is 0 Å². The third-order valence-corrected chi connectivity index (χ3v) is 1.89. The van der Waals surface area contributed by atoms with E-state index < -0.39 is 5.97 Å². The molecular formula is C10H14N2O3. The number of aromatic nitrogens is 2. The first-order chi connectivity index (χ1) is 6.86. The van der Waals surface area contributed by atoms with E-state index in [1.807, 2.05) is 20.8 Å². The van der Waals surface area contributed by atoms with Crippen LogP contribution in [-0.4, -0.2) is 28.2 Å². The molecule has 5 heteroatoms. The molecule has 0 saturated carbocycles. The highest BCUT2D eigenvalue weighted by atomic mass is 16.5. The molecule has 0 fully saturated rings. The summed E-state index contributed by atoms with van der Waals surface area (Å²) in [7, 11) is 1.45. The average molecular weight is 210 g/mol. The maximum absolute atomic E-state index is 10.9. The van der Waals surface area contributed by atoms with E-state index in [0.29, 0.717) is 5.69 Å². The molecule has 0 unspecified atom stereocenters. The van der Waals surface area contributed by atoms with Crippen LogP contribution < -0.4 is 4.74 Å². The molecule has 1 rings (SSSR count). The first-order valence-electron chi connectivity index (χ1n) is 4.51. The van der Waals surface area contributed by atoms with E-state index in [2.05, 4.69) is 9.97 Å². The Kier molecular flexibility index (Phi) is 2.93. The van der Waals surface area contributed by atoms with Crippen LogP contribution in [0, 0.1) is 0 Å². The molecule has 82 valence electrons. The van der Waals surface area contributed by atoms with Gasteiger partial charge in [0.05, 0.1) is 12.8 Å². The number of hydrogen-bond acceptors (Lipinski definition) is 4. The molecule has 0 radical (unpaired) electrons. The van der Waals surface area contributed by atoms with Gasteiger partial charge in [-0.05, 0) is 0 Å². The molecule has 5 nitrogen and oxygen atoms in total. The fraction of sp³-hybridized carbons (Fsp3) is 0.500. The Morgan fingerprint density at radius 2 is 2.07 bits per heavy atom. The monoisotopic (exact) mass is 210 g/mol. The second-order valence-electron chi connectivity index (χ2n) is 4.17. The number of aromatic carboxylic acids is 1. The lowest BCUT2D eigenvalue weighted by Gasteiger charge is -2.19. The summed E-state index contributed by atoms with van der Waals surface area (Å²) in [6, 6.07) is 0.185. The molecule has 0 saturated heterocycles. The summed E-state index contributed by atoms with van der Waals surface area (Å²) >= 11 is 0. The van der Waals surface area contributed by atoms with Gasteiger partial charge in [0, 0.05) is 11.6 Å². The van der Waals surface area contributed by atoms with Gasteiger partial charge in [-0.3, -0.25) is 0 Å². The summed E-state index contributed by atoms with van der Waals surface area (Å²) in [4.78, 5) is 18.8. The molecule has 0 aliphatic heterocycles. The maximum atomic E-state index is 10.9. The molecular weight excluding hydrogens is 196 g/mol. The lowest BCUT2D eigenvalue weighted by Crippen LogP contribution is -2.20. The smallest absolute Gasteiger partial charge is 0.339 e. The van der Waals surface area contributed by atoms with Gasteiger partial charge < -0.3 is 9.84 Å². The number of carbonyl (C=O) groups is 1. The van der Waals surface area contributed by atoms with E-state index in [1.165, 1.54) is 13.3 Å². The van der Waals surface area contributed by atoms with Crippen LogP contribution in [0.5, 0.6) is 6.01 Å². The van der Waals surface area contributed by atoms with E-state index in [1.54, 1.807) is 0 Å². The highest BCUT2D eigenvalue weighted by Crippen LogP contribution is 2.24. The third-order valence-electron chi connectivity index (χ3n) is 1.89. The van der Waals surface area contributed by atoms with Gasteiger partial charge >= 0.3 is 12.0 Å². The van der Waals surface area contributed by atoms with Crippen molar-refractivity contribution in [1.29, 1.82) is 0 Å². The Labute approximate surface area is 88.1 Å². The van der Waals surface area contributed by atoms with Gasteiger partial charge in [0.1, 0.15) is 5.56 Å². The fourth-order valence-electron chi connectivity index (χ4n) is 1.19. The largest absolute Gasteiger partial charge is 0.478 e. The number of carboxylic acids is 1. The van der Waals surface area contributed by atoms with Gasteiger partial charge in [-0.25, -0.2) is 9.78 Å². The van der Waals surface area contributed by atoms with Crippen molar-refractivity contribution in [2.45, 2.75) is 26.2 Å². The summed E-state index contributed by atoms with van der Waals surface area (Å²) in [5.74, 6) is -1.03. The quantitative estimate of drug-likeness (QED) is 0.800. The second-order valence-corrected chi connectivity index (χ2v) is 4.17. The molecule has 1 aromatic rings. The summed E-state index contributed by atoms with van der Waals surface area (Å²) in [5.41, 5.74) is 0.231. The summed E-state index contributed by atoms with van der Waals surface area (Å²) < 4.78 is 4.87. The standard InChI is InChI=1S/C10H14N2O3/c1-10(2,3)7-6(8(13)14)5-11-9(12-7)15-4/h5H,1-4H3,(H,13,14). The zero-order valence-corrected chi connectivity index (χ0v) is 9.24. The zero-order chi connectivity index (χ0) is 11.6. The number of hydrogen-bond donors (Lipinski definition) is 1. The van der Waals surface area contributed by atoms with E-state index in [9.17, 15) is 4.79 Å². The predicted molar refractivity (Wildman–Crippen MR) is 54.2 cm³/mol. The van der Waals surface area contributed by atoms with Gasteiger partial charge in [0.15, 0.2) is 0 Å². The number of rotatable bonds is 2. The Hall–Kier alpha value is -1.65. The second kappa shape index (κ2) is 3.84. The van der Waals surface area contributed by atoms with Gasteiger partial charge in [-0.2, -0.15) is 4.98 Å². The zero-order valence-electron chi connectivity index (χ0n) is 9.24. The van der Waals surface area contributed by atoms with Crippen molar-refractivity contribution in [2.24, 2.45) is 0 Å². The lowest BCUT2D eigenvalue weighted by atomic mass is 9.89. The van der Waals surface area contributed by atoms with Crippen molar-refractivity contribution in [2.75, 3.05) is 7.11 Å². The molecule has 15 heavy (non-hydrogen) atoms. The summed E-state index contributed by atoms with van der Waals surface area (Å²) in [5, 5.41) is 8.97. The third kappa shape index (κ3) is 2.43. The minimum absolute atomic E-state index is 0.114. The van der Waals surface area contributed by atoms with Crippen LogP contribution >= 0.6 is 0 Å². The first kappa shape index (κ1) is 11.4. The minimum atomic E-state index is -1.03. The molecule has 1 N–H and O–H groups in total.